The topological polar surface area (TPSA) is 72.5 Å². The number of carbonyl (C=O) groups is 1. The van der Waals surface area contributed by atoms with Crippen LogP contribution in [0.1, 0.15) is 39.0 Å². The molecule has 1 aliphatic carbocycles. The summed E-state index contributed by atoms with van der Waals surface area (Å²) in [7, 11) is 1.66. The minimum atomic E-state index is -0.811. The van der Waals surface area contributed by atoms with Gasteiger partial charge in [0.2, 0.25) is 0 Å². The van der Waals surface area contributed by atoms with Gasteiger partial charge in [0.15, 0.2) is 12.1 Å². The van der Waals surface area contributed by atoms with Crippen molar-refractivity contribution >= 4 is 17.5 Å². The maximum Gasteiger partial charge on any atom is 0.191 e. The zero-order chi connectivity index (χ0) is 35.5. The number of methoxy groups -OCH3 is 1. The van der Waals surface area contributed by atoms with Crippen molar-refractivity contribution < 1.29 is 33.2 Å². The third-order valence-electron chi connectivity index (χ3n) is 9.44. The first-order valence-electron chi connectivity index (χ1n) is 17.8. The number of aryl methyl sites for hydroxylation is 1. The molecule has 1 heterocycles. The lowest BCUT2D eigenvalue weighted by Gasteiger charge is -2.46. The highest BCUT2D eigenvalue weighted by molar-refractivity contribution is 8.00. The second-order valence-electron chi connectivity index (χ2n) is 13.0. The van der Waals surface area contributed by atoms with Crippen LogP contribution in [0.2, 0.25) is 0 Å². The minimum Gasteiger partial charge on any atom is -0.497 e. The quantitative estimate of drug-likeness (QED) is 0.107. The van der Waals surface area contributed by atoms with Gasteiger partial charge in [0, 0.05) is 10.5 Å². The molecule has 6 atom stereocenters. The zero-order valence-corrected chi connectivity index (χ0v) is 30.1. The molecular weight excluding hydrogens is 673 g/mol. The van der Waals surface area contributed by atoms with Gasteiger partial charge in [-0.25, -0.2) is 0 Å². The highest BCUT2D eigenvalue weighted by Gasteiger charge is 2.50. The molecule has 0 saturated carbocycles. The Bertz CT molecular complexity index is 1840. The first kappa shape index (κ1) is 36.1. The van der Waals surface area contributed by atoms with Gasteiger partial charge in [-0.1, -0.05) is 115 Å². The average Bonchev–Trinajstić information content (AvgIpc) is 3.20. The normalized spacial score (nSPS) is 22.8. The van der Waals surface area contributed by atoms with Gasteiger partial charge >= 0.3 is 0 Å². The number of hydrogen-bond acceptors (Lipinski definition) is 8. The van der Waals surface area contributed by atoms with Crippen LogP contribution in [0.15, 0.2) is 144 Å². The molecule has 1 aliphatic heterocycles. The van der Waals surface area contributed by atoms with Gasteiger partial charge in [-0.2, -0.15) is 0 Å². The van der Waals surface area contributed by atoms with Crippen molar-refractivity contribution in [3.8, 4) is 5.75 Å². The van der Waals surface area contributed by atoms with Crippen LogP contribution in [0.5, 0.6) is 5.75 Å². The van der Waals surface area contributed by atoms with Crippen LogP contribution in [-0.4, -0.2) is 55.5 Å². The fourth-order valence-corrected chi connectivity index (χ4v) is 7.93. The molecule has 2 aliphatic rings. The summed E-state index contributed by atoms with van der Waals surface area (Å²) in [5.74, 6) is 0.736. The SMILES string of the molecule is COc1ccc(S[C@H]2[C@H](OC3CCc4ccccc4C3=O)O[C@H](COCc3ccccc3)[C@@H](OCc3ccccc3)[C@@H]2OCc2ccccc2)cc1. The number of ether oxygens (including phenoxy) is 6. The van der Waals surface area contributed by atoms with Crippen molar-refractivity contribution in [3.63, 3.8) is 0 Å². The van der Waals surface area contributed by atoms with E-state index in [1.807, 2.05) is 127 Å². The first-order chi connectivity index (χ1) is 25.6. The highest BCUT2D eigenvalue weighted by atomic mass is 32.2. The molecule has 8 heteroatoms. The summed E-state index contributed by atoms with van der Waals surface area (Å²) in [5.41, 5.74) is 4.89. The van der Waals surface area contributed by atoms with E-state index in [-0.39, 0.29) is 12.4 Å². The van der Waals surface area contributed by atoms with Crippen molar-refractivity contribution in [2.24, 2.45) is 0 Å². The molecule has 7 rings (SSSR count). The molecular formula is C44H44O7S. The van der Waals surface area contributed by atoms with E-state index in [9.17, 15) is 4.79 Å². The summed E-state index contributed by atoms with van der Waals surface area (Å²) in [5, 5.41) is -0.409. The molecule has 0 bridgehead atoms. The maximum absolute atomic E-state index is 13.9. The number of carbonyl (C=O) groups excluding carboxylic acids is 1. The maximum atomic E-state index is 13.9. The van der Waals surface area contributed by atoms with Crippen molar-refractivity contribution in [1.29, 1.82) is 0 Å². The fourth-order valence-electron chi connectivity index (χ4n) is 6.71. The van der Waals surface area contributed by atoms with E-state index in [4.69, 9.17) is 28.4 Å². The van der Waals surface area contributed by atoms with Crippen molar-refractivity contribution in [2.75, 3.05) is 13.7 Å². The van der Waals surface area contributed by atoms with Gasteiger partial charge in [0.05, 0.1) is 38.8 Å². The van der Waals surface area contributed by atoms with E-state index in [0.717, 1.165) is 39.3 Å². The fraction of sp³-hybridized carbons (Fsp3) is 0.295. The Morgan fingerprint density at radius 1 is 0.673 bits per heavy atom. The molecule has 1 unspecified atom stereocenters. The first-order valence-corrected chi connectivity index (χ1v) is 18.7. The summed E-state index contributed by atoms with van der Waals surface area (Å²) in [6.45, 7) is 1.37. The van der Waals surface area contributed by atoms with E-state index in [1.165, 1.54) is 0 Å². The Labute approximate surface area is 310 Å². The van der Waals surface area contributed by atoms with Crippen LogP contribution in [0.3, 0.4) is 0 Å². The number of hydrogen-bond donors (Lipinski definition) is 0. The van der Waals surface area contributed by atoms with E-state index in [0.29, 0.717) is 31.8 Å². The molecule has 1 fully saturated rings. The van der Waals surface area contributed by atoms with Gasteiger partial charge in [-0.3, -0.25) is 4.79 Å². The largest absolute Gasteiger partial charge is 0.497 e. The summed E-state index contributed by atoms with van der Waals surface area (Å²) in [4.78, 5) is 14.9. The molecule has 0 N–H and O–H groups in total. The number of rotatable bonds is 15. The summed E-state index contributed by atoms with van der Waals surface area (Å²) in [6.07, 6.45) is -1.76. The zero-order valence-electron chi connectivity index (χ0n) is 29.3. The number of Topliss-reactive ketones (excluding diaryl/α,β-unsaturated/α-hetero) is 1. The Balaban J connectivity index is 1.23. The van der Waals surface area contributed by atoms with Crippen LogP contribution in [-0.2, 0) is 49.9 Å². The van der Waals surface area contributed by atoms with Crippen molar-refractivity contribution in [2.45, 2.75) is 73.5 Å². The highest BCUT2D eigenvalue weighted by Crippen LogP contribution is 2.40. The molecule has 7 nitrogen and oxygen atoms in total. The smallest absolute Gasteiger partial charge is 0.191 e. The van der Waals surface area contributed by atoms with Crippen LogP contribution in [0.4, 0.5) is 0 Å². The Kier molecular flexibility index (Phi) is 12.5. The van der Waals surface area contributed by atoms with Gasteiger partial charge in [0.25, 0.3) is 0 Å². The van der Waals surface area contributed by atoms with Crippen molar-refractivity contribution in [3.05, 3.63) is 167 Å². The third-order valence-corrected chi connectivity index (χ3v) is 10.7. The van der Waals surface area contributed by atoms with Gasteiger partial charge < -0.3 is 28.4 Å². The Morgan fingerprint density at radius 2 is 1.25 bits per heavy atom. The number of ketones is 1. The predicted octanol–water partition coefficient (Wildman–Crippen LogP) is 8.48. The summed E-state index contributed by atoms with van der Waals surface area (Å²) in [6, 6.07) is 46.0. The standard InChI is InChI=1S/C44H44O7S/c1-46-35-22-24-36(25-23-35)52-43-42(49-29-33-17-9-4-10-18-33)41(48-28-32-15-7-3-8-16-32)39(30-47-27-31-13-5-2-6-14-31)51-44(43)50-38-26-21-34-19-11-12-20-37(34)40(38)45/h2-20,22-25,38-39,41-44H,21,26-30H2,1H3/t38?,39-,41-,42+,43-,44-/m1/s1. The van der Waals surface area contributed by atoms with Crippen LogP contribution in [0, 0.1) is 0 Å². The van der Waals surface area contributed by atoms with Crippen LogP contribution >= 0.6 is 11.8 Å². The second kappa shape index (κ2) is 18.0. The molecule has 268 valence electrons. The van der Waals surface area contributed by atoms with Gasteiger partial charge in [0.1, 0.15) is 30.2 Å². The van der Waals surface area contributed by atoms with E-state index >= 15 is 0 Å². The molecule has 5 aromatic carbocycles. The lowest BCUT2D eigenvalue weighted by Crippen LogP contribution is -2.60. The molecule has 5 aromatic rings. The Morgan fingerprint density at radius 3 is 1.88 bits per heavy atom. The minimum absolute atomic E-state index is 0.0280. The van der Waals surface area contributed by atoms with Gasteiger partial charge in [-0.05, 0) is 59.4 Å². The van der Waals surface area contributed by atoms with E-state index in [2.05, 4.69) is 12.1 Å². The lowest BCUT2D eigenvalue weighted by molar-refractivity contribution is -0.280. The number of benzene rings is 5. The molecule has 52 heavy (non-hydrogen) atoms. The van der Waals surface area contributed by atoms with Gasteiger partial charge in [-0.15, -0.1) is 11.8 Å². The molecule has 0 spiro atoms. The predicted molar refractivity (Wildman–Crippen MR) is 201 cm³/mol. The average molecular weight is 717 g/mol. The monoisotopic (exact) mass is 716 g/mol. The van der Waals surface area contributed by atoms with Crippen molar-refractivity contribution in [1.82, 2.24) is 0 Å². The third kappa shape index (κ3) is 9.19. The van der Waals surface area contributed by atoms with Crippen LogP contribution < -0.4 is 4.74 Å². The Hall–Kier alpha value is -4.28. The second-order valence-corrected chi connectivity index (χ2v) is 14.3. The summed E-state index contributed by atoms with van der Waals surface area (Å²) >= 11 is 1.60. The number of fused-ring (bicyclic) bond motifs is 1. The molecule has 0 amide bonds. The van der Waals surface area contributed by atoms with E-state index in [1.54, 1.807) is 18.9 Å². The molecule has 0 radical (unpaired) electrons. The molecule has 1 saturated heterocycles. The van der Waals surface area contributed by atoms with E-state index < -0.39 is 36.0 Å². The van der Waals surface area contributed by atoms with Crippen LogP contribution in [0.25, 0.3) is 0 Å². The molecule has 0 aromatic heterocycles. The lowest BCUT2D eigenvalue weighted by atomic mass is 9.88. The number of thioether (sulfide) groups is 1. The summed E-state index contributed by atoms with van der Waals surface area (Å²) < 4.78 is 39.3.